The molecular weight excluding hydrogens is 425 g/mol. The van der Waals surface area contributed by atoms with Gasteiger partial charge in [-0.3, -0.25) is 4.79 Å². The van der Waals surface area contributed by atoms with E-state index in [1.165, 1.54) is 17.7 Å². The average Bonchev–Trinajstić information content (AvgIpc) is 3.41. The van der Waals surface area contributed by atoms with Crippen LogP contribution in [0.25, 0.3) is 22.2 Å². The van der Waals surface area contributed by atoms with Crippen LogP contribution in [-0.2, 0) is 5.54 Å². The maximum absolute atomic E-state index is 14.1. The molecule has 1 aliphatic rings. The second-order valence-electron chi connectivity index (χ2n) is 9.83. The van der Waals surface area contributed by atoms with Crippen molar-refractivity contribution in [3.8, 4) is 11.1 Å². The van der Waals surface area contributed by atoms with Crippen molar-refractivity contribution in [2.24, 2.45) is 0 Å². The molecule has 34 heavy (non-hydrogen) atoms. The van der Waals surface area contributed by atoms with Crippen molar-refractivity contribution < 1.29 is 9.18 Å². The van der Waals surface area contributed by atoms with E-state index in [-0.39, 0.29) is 11.7 Å². The molecular formula is C29H30FN3O. The molecule has 0 aliphatic carbocycles. The molecule has 3 aromatic carbocycles. The Morgan fingerprint density at radius 1 is 1.00 bits per heavy atom. The summed E-state index contributed by atoms with van der Waals surface area (Å²) in [4.78, 5) is 24.6. The second-order valence-corrected chi connectivity index (χ2v) is 9.83. The summed E-state index contributed by atoms with van der Waals surface area (Å²) >= 11 is 0. The van der Waals surface area contributed by atoms with Crippen molar-refractivity contribution >= 4 is 16.9 Å². The summed E-state index contributed by atoms with van der Waals surface area (Å²) < 4.78 is 13.8. The fourth-order valence-corrected chi connectivity index (χ4v) is 5.25. The van der Waals surface area contributed by atoms with Gasteiger partial charge in [-0.2, -0.15) is 0 Å². The number of benzene rings is 3. The van der Waals surface area contributed by atoms with Crippen molar-refractivity contribution in [1.29, 1.82) is 0 Å². The minimum Gasteiger partial charge on any atom is -0.340 e. The lowest BCUT2D eigenvalue weighted by Gasteiger charge is -2.34. The highest BCUT2D eigenvalue weighted by atomic mass is 19.1. The van der Waals surface area contributed by atoms with Gasteiger partial charge in [-0.25, -0.2) is 9.37 Å². The molecule has 1 fully saturated rings. The average molecular weight is 456 g/mol. The predicted molar refractivity (Wildman–Crippen MR) is 135 cm³/mol. The Balaban J connectivity index is 1.60. The summed E-state index contributed by atoms with van der Waals surface area (Å²) in [5.41, 5.74) is 7.97. The van der Waals surface area contributed by atoms with Crippen LogP contribution >= 0.6 is 0 Å². The third-order valence-electron chi connectivity index (χ3n) is 7.46. The van der Waals surface area contributed by atoms with E-state index in [1.54, 1.807) is 6.07 Å². The van der Waals surface area contributed by atoms with E-state index in [9.17, 15) is 9.18 Å². The Bertz CT molecular complexity index is 1440. The van der Waals surface area contributed by atoms with Crippen LogP contribution in [0.3, 0.4) is 0 Å². The van der Waals surface area contributed by atoms with Crippen LogP contribution in [0.2, 0.25) is 0 Å². The number of imidazole rings is 1. The van der Waals surface area contributed by atoms with Gasteiger partial charge in [0.2, 0.25) is 0 Å². The van der Waals surface area contributed by atoms with Gasteiger partial charge >= 0.3 is 0 Å². The molecule has 5 heteroatoms. The summed E-state index contributed by atoms with van der Waals surface area (Å²) in [7, 11) is 0. The zero-order chi connectivity index (χ0) is 24.2. The Hall–Kier alpha value is -3.47. The number of aromatic nitrogens is 2. The molecule has 1 amide bonds. The molecule has 0 spiro atoms. The topological polar surface area (TPSA) is 49.0 Å². The number of fused-ring (bicyclic) bond motifs is 1. The molecule has 2 heterocycles. The van der Waals surface area contributed by atoms with Gasteiger partial charge in [0.15, 0.2) is 0 Å². The third-order valence-corrected chi connectivity index (χ3v) is 7.46. The molecule has 1 saturated heterocycles. The van der Waals surface area contributed by atoms with Crippen molar-refractivity contribution in [2.75, 3.05) is 6.54 Å². The van der Waals surface area contributed by atoms with Crippen LogP contribution in [0, 0.1) is 33.5 Å². The van der Waals surface area contributed by atoms with Crippen LogP contribution in [0.15, 0.2) is 48.5 Å². The number of hydrogen-bond donors (Lipinski definition) is 1. The Morgan fingerprint density at radius 2 is 1.76 bits per heavy atom. The van der Waals surface area contributed by atoms with Crippen LogP contribution in [0.5, 0.6) is 0 Å². The number of aryl methyl sites for hydroxylation is 4. The zero-order valence-electron chi connectivity index (χ0n) is 20.4. The van der Waals surface area contributed by atoms with Crippen LogP contribution < -0.4 is 0 Å². The molecule has 174 valence electrons. The van der Waals surface area contributed by atoms with Crippen molar-refractivity contribution in [2.45, 2.75) is 53.0 Å². The van der Waals surface area contributed by atoms with E-state index < -0.39 is 5.54 Å². The lowest BCUT2D eigenvalue weighted by Crippen LogP contribution is -2.43. The summed E-state index contributed by atoms with van der Waals surface area (Å²) in [6, 6.07) is 14.8. The molecule has 1 aliphatic heterocycles. The molecule has 1 unspecified atom stereocenters. The number of amides is 1. The smallest absolute Gasteiger partial charge is 0.255 e. The van der Waals surface area contributed by atoms with Crippen molar-refractivity contribution in [3.05, 3.63) is 88.0 Å². The van der Waals surface area contributed by atoms with Crippen LogP contribution in [0.1, 0.15) is 58.2 Å². The molecule has 1 atom stereocenters. The molecule has 0 radical (unpaired) electrons. The largest absolute Gasteiger partial charge is 0.340 e. The van der Waals surface area contributed by atoms with E-state index in [4.69, 9.17) is 4.98 Å². The Kier molecular flexibility index (Phi) is 5.31. The first kappa shape index (κ1) is 22.3. The maximum Gasteiger partial charge on any atom is 0.255 e. The highest BCUT2D eigenvalue weighted by Crippen LogP contribution is 2.40. The minimum atomic E-state index is -0.532. The molecule has 5 rings (SSSR count). The van der Waals surface area contributed by atoms with Crippen molar-refractivity contribution in [1.82, 2.24) is 14.9 Å². The lowest BCUT2D eigenvalue weighted by molar-refractivity contribution is 0.0606. The van der Waals surface area contributed by atoms with E-state index in [0.717, 1.165) is 57.5 Å². The van der Waals surface area contributed by atoms with Gasteiger partial charge in [0.05, 0.1) is 16.6 Å². The van der Waals surface area contributed by atoms with Gasteiger partial charge in [-0.05, 0) is 99.5 Å². The van der Waals surface area contributed by atoms with Gasteiger partial charge in [0, 0.05) is 12.1 Å². The number of hydrogen-bond acceptors (Lipinski definition) is 2. The van der Waals surface area contributed by atoms with Gasteiger partial charge in [-0.15, -0.1) is 0 Å². The molecule has 4 aromatic rings. The Morgan fingerprint density at radius 3 is 2.53 bits per heavy atom. The number of aromatic amines is 1. The monoisotopic (exact) mass is 455 g/mol. The Labute approximate surface area is 199 Å². The molecule has 1 N–H and O–H groups in total. The number of carbonyl (C=O) groups excluding carboxylic acids is 1. The summed E-state index contributed by atoms with van der Waals surface area (Å²) in [6.45, 7) is 10.8. The number of nitrogens with one attached hydrogen (secondary N) is 1. The first-order chi connectivity index (χ1) is 16.2. The van der Waals surface area contributed by atoms with E-state index in [0.29, 0.717) is 12.1 Å². The van der Waals surface area contributed by atoms with Crippen LogP contribution in [0.4, 0.5) is 4.39 Å². The van der Waals surface area contributed by atoms with Gasteiger partial charge in [0.1, 0.15) is 11.6 Å². The normalized spacial score (nSPS) is 18.1. The fourth-order valence-electron chi connectivity index (χ4n) is 5.25. The number of halogens is 1. The van der Waals surface area contributed by atoms with Gasteiger partial charge in [-0.1, -0.05) is 29.8 Å². The first-order valence-corrected chi connectivity index (χ1v) is 11.8. The van der Waals surface area contributed by atoms with E-state index >= 15 is 0 Å². The standard InChI is InChI=1S/C29H30FN3O/c1-17-7-10-23(22-11-9-21(30)16-19(22)3)24(15-17)27(34)33-14-6-13-29(33,5)28-31-25-12-8-18(2)20(4)26(25)32-28/h7-12,15-16H,6,13-14H2,1-5H3,(H,31,32). The summed E-state index contributed by atoms with van der Waals surface area (Å²) in [5.74, 6) is 0.536. The number of rotatable bonds is 3. The number of H-pyrrole nitrogens is 1. The molecule has 0 saturated carbocycles. The summed E-state index contributed by atoms with van der Waals surface area (Å²) in [6.07, 6.45) is 1.75. The lowest BCUT2D eigenvalue weighted by atomic mass is 9.92. The van der Waals surface area contributed by atoms with Gasteiger partial charge < -0.3 is 9.88 Å². The first-order valence-electron chi connectivity index (χ1n) is 11.8. The molecule has 0 bridgehead atoms. The van der Waals surface area contributed by atoms with Crippen molar-refractivity contribution in [3.63, 3.8) is 0 Å². The fraction of sp³-hybridized carbons (Fsp3) is 0.310. The third kappa shape index (κ3) is 3.51. The predicted octanol–water partition coefficient (Wildman–Crippen LogP) is 6.75. The minimum absolute atomic E-state index is 0.0178. The number of carbonyl (C=O) groups is 1. The van der Waals surface area contributed by atoms with Crippen LogP contribution in [-0.4, -0.2) is 27.3 Å². The number of nitrogens with zero attached hydrogens (tertiary/aromatic N) is 2. The van der Waals surface area contributed by atoms with E-state index in [1.807, 2.05) is 36.9 Å². The quantitative estimate of drug-likeness (QED) is 0.371. The second kappa shape index (κ2) is 8.08. The molecule has 1 aromatic heterocycles. The van der Waals surface area contributed by atoms with E-state index in [2.05, 4.69) is 37.9 Å². The molecule has 4 nitrogen and oxygen atoms in total. The SMILES string of the molecule is Cc1ccc(-c2ccc(F)cc2C)c(C(=O)N2CCCC2(C)c2nc3c(C)c(C)ccc3[nH]2)c1. The summed E-state index contributed by atoms with van der Waals surface area (Å²) in [5, 5.41) is 0. The zero-order valence-corrected chi connectivity index (χ0v) is 20.4. The maximum atomic E-state index is 14.1. The van der Waals surface area contributed by atoms with Gasteiger partial charge in [0.25, 0.3) is 5.91 Å². The highest BCUT2D eigenvalue weighted by Gasteiger charge is 2.44. The highest BCUT2D eigenvalue weighted by molar-refractivity contribution is 6.02. The number of likely N-dealkylation sites (tertiary alicyclic amines) is 1.